The van der Waals surface area contributed by atoms with Crippen molar-refractivity contribution in [2.75, 3.05) is 27.7 Å². The molecule has 1 atom stereocenters. The molecule has 0 bridgehead atoms. The minimum atomic E-state index is -2.26. The SMILES string of the molecule is C[N+](C)(C)CC(O)C1(C(=O)O)C(=O)CCCC1=O. The Kier molecular flexibility index (Phi) is 3.92. The Morgan fingerprint density at radius 2 is 1.72 bits per heavy atom. The molecular weight excluding hydrogens is 238 g/mol. The van der Waals surface area contributed by atoms with E-state index in [2.05, 4.69) is 0 Å². The van der Waals surface area contributed by atoms with Crippen molar-refractivity contribution in [2.24, 2.45) is 5.41 Å². The van der Waals surface area contributed by atoms with Crippen molar-refractivity contribution in [3.8, 4) is 0 Å². The predicted molar refractivity (Wildman–Crippen MR) is 62.8 cm³/mol. The van der Waals surface area contributed by atoms with E-state index in [1.54, 1.807) is 21.1 Å². The highest BCUT2D eigenvalue weighted by Gasteiger charge is 2.59. The molecule has 18 heavy (non-hydrogen) atoms. The van der Waals surface area contributed by atoms with Gasteiger partial charge in [-0.15, -0.1) is 0 Å². The Labute approximate surface area is 106 Å². The van der Waals surface area contributed by atoms with Gasteiger partial charge >= 0.3 is 5.97 Å². The zero-order valence-electron chi connectivity index (χ0n) is 11.0. The molecular formula is C12H20NO5+. The molecule has 0 aliphatic heterocycles. The normalized spacial score (nSPS) is 21.8. The number of likely N-dealkylation sites (N-methyl/N-ethyl adjacent to an activating group) is 1. The van der Waals surface area contributed by atoms with E-state index in [1.807, 2.05) is 0 Å². The highest BCUT2D eigenvalue weighted by molar-refractivity contribution is 6.23. The summed E-state index contributed by atoms with van der Waals surface area (Å²) in [5.41, 5.74) is -2.26. The maximum Gasteiger partial charge on any atom is 0.327 e. The van der Waals surface area contributed by atoms with Crippen molar-refractivity contribution < 1.29 is 29.1 Å². The molecule has 1 aliphatic rings. The fraction of sp³-hybridized carbons (Fsp3) is 0.750. The van der Waals surface area contributed by atoms with Gasteiger partial charge in [0, 0.05) is 12.8 Å². The van der Waals surface area contributed by atoms with Crippen molar-refractivity contribution in [3.63, 3.8) is 0 Å². The summed E-state index contributed by atoms with van der Waals surface area (Å²) in [6, 6.07) is 0. The highest BCUT2D eigenvalue weighted by atomic mass is 16.4. The largest absolute Gasteiger partial charge is 0.480 e. The van der Waals surface area contributed by atoms with Gasteiger partial charge in [-0.2, -0.15) is 0 Å². The van der Waals surface area contributed by atoms with Gasteiger partial charge in [-0.25, -0.2) is 0 Å². The first kappa shape index (κ1) is 14.8. The van der Waals surface area contributed by atoms with Crippen LogP contribution in [0.3, 0.4) is 0 Å². The average molecular weight is 258 g/mol. The molecule has 6 heteroatoms. The topological polar surface area (TPSA) is 91.7 Å². The lowest BCUT2D eigenvalue weighted by atomic mass is 9.68. The van der Waals surface area contributed by atoms with E-state index < -0.39 is 29.1 Å². The Balaban J connectivity index is 3.17. The molecule has 2 N–H and O–H groups in total. The van der Waals surface area contributed by atoms with Crippen molar-refractivity contribution in [3.05, 3.63) is 0 Å². The standard InChI is InChI=1S/C12H19NO5/c1-13(2,3)7-10(16)12(11(17)18)8(14)5-4-6-9(12)15/h10,16H,4-7H2,1-3H3/p+1. The number of quaternary nitrogens is 1. The Hall–Kier alpha value is -1.27. The summed E-state index contributed by atoms with van der Waals surface area (Å²) in [6.45, 7) is 0.0315. The molecule has 1 saturated carbocycles. The fourth-order valence-electron chi connectivity index (χ4n) is 2.37. The lowest BCUT2D eigenvalue weighted by Crippen LogP contribution is -2.61. The van der Waals surface area contributed by atoms with Crippen LogP contribution in [0.15, 0.2) is 0 Å². The van der Waals surface area contributed by atoms with E-state index in [9.17, 15) is 24.6 Å². The van der Waals surface area contributed by atoms with E-state index in [-0.39, 0.29) is 23.9 Å². The van der Waals surface area contributed by atoms with Gasteiger partial charge in [0.1, 0.15) is 12.6 Å². The zero-order valence-corrected chi connectivity index (χ0v) is 11.0. The third-order valence-corrected chi connectivity index (χ3v) is 3.25. The minimum Gasteiger partial charge on any atom is -0.480 e. The van der Waals surface area contributed by atoms with Gasteiger partial charge in [0.05, 0.1) is 21.1 Å². The summed E-state index contributed by atoms with van der Waals surface area (Å²) >= 11 is 0. The number of carbonyl (C=O) groups is 3. The average Bonchev–Trinajstić information content (AvgIpc) is 2.13. The van der Waals surface area contributed by atoms with Gasteiger partial charge in [0.15, 0.2) is 11.6 Å². The number of carbonyl (C=O) groups excluding carboxylic acids is 2. The van der Waals surface area contributed by atoms with Crippen LogP contribution in [0.5, 0.6) is 0 Å². The van der Waals surface area contributed by atoms with Crippen LogP contribution in [0.4, 0.5) is 0 Å². The fourth-order valence-corrected chi connectivity index (χ4v) is 2.37. The van der Waals surface area contributed by atoms with E-state index in [0.29, 0.717) is 6.42 Å². The zero-order chi connectivity index (χ0) is 14.1. The summed E-state index contributed by atoms with van der Waals surface area (Å²) < 4.78 is 0.275. The van der Waals surface area contributed by atoms with E-state index >= 15 is 0 Å². The summed E-state index contributed by atoms with van der Waals surface area (Å²) in [7, 11) is 5.28. The molecule has 1 unspecified atom stereocenters. The van der Waals surface area contributed by atoms with Crippen molar-refractivity contribution >= 4 is 17.5 Å². The quantitative estimate of drug-likeness (QED) is 0.521. The van der Waals surface area contributed by atoms with Crippen LogP contribution in [0.2, 0.25) is 0 Å². The Morgan fingerprint density at radius 3 is 2.06 bits per heavy atom. The molecule has 0 spiro atoms. The van der Waals surface area contributed by atoms with Crippen LogP contribution < -0.4 is 0 Å². The van der Waals surface area contributed by atoms with Gasteiger partial charge in [-0.05, 0) is 6.42 Å². The van der Waals surface area contributed by atoms with Crippen LogP contribution in [0, 0.1) is 5.41 Å². The first-order valence-electron chi connectivity index (χ1n) is 5.91. The number of hydrogen-bond donors (Lipinski definition) is 2. The Morgan fingerprint density at radius 1 is 1.28 bits per heavy atom. The number of aliphatic hydroxyl groups is 1. The first-order valence-corrected chi connectivity index (χ1v) is 5.91. The number of Topliss-reactive ketones (excluding diaryl/α,β-unsaturated/α-hetero) is 2. The maximum absolute atomic E-state index is 11.9. The van der Waals surface area contributed by atoms with E-state index in [4.69, 9.17) is 0 Å². The second-order valence-corrected chi connectivity index (χ2v) is 5.80. The lowest BCUT2D eigenvalue weighted by Gasteiger charge is -2.37. The molecule has 102 valence electrons. The molecule has 0 aromatic carbocycles. The number of aliphatic hydroxyl groups excluding tert-OH is 1. The Bertz CT molecular complexity index is 366. The van der Waals surface area contributed by atoms with Gasteiger partial charge in [0.2, 0.25) is 5.41 Å². The van der Waals surface area contributed by atoms with Crippen molar-refractivity contribution in [1.29, 1.82) is 0 Å². The van der Waals surface area contributed by atoms with Crippen LogP contribution in [-0.4, -0.2) is 66.0 Å². The second kappa shape index (κ2) is 4.78. The van der Waals surface area contributed by atoms with Crippen molar-refractivity contribution in [2.45, 2.75) is 25.4 Å². The molecule has 0 aromatic heterocycles. The number of carboxylic acids is 1. The number of rotatable bonds is 4. The predicted octanol–water partition coefficient (Wildman–Crippen LogP) is -0.553. The van der Waals surface area contributed by atoms with Gasteiger partial charge in [-0.3, -0.25) is 14.4 Å². The number of hydrogen-bond acceptors (Lipinski definition) is 4. The lowest BCUT2D eigenvalue weighted by molar-refractivity contribution is -0.874. The van der Waals surface area contributed by atoms with E-state index in [1.165, 1.54) is 0 Å². The molecule has 0 heterocycles. The molecule has 6 nitrogen and oxygen atoms in total. The van der Waals surface area contributed by atoms with Crippen molar-refractivity contribution in [1.82, 2.24) is 0 Å². The van der Waals surface area contributed by atoms with Gasteiger partial charge < -0.3 is 14.7 Å². The monoisotopic (exact) mass is 258 g/mol. The number of ketones is 2. The number of aliphatic carboxylic acids is 1. The van der Waals surface area contributed by atoms with E-state index in [0.717, 1.165) is 0 Å². The third-order valence-electron chi connectivity index (χ3n) is 3.25. The molecule has 0 aromatic rings. The number of nitrogens with zero attached hydrogens (tertiary/aromatic N) is 1. The third kappa shape index (κ3) is 2.44. The van der Waals surface area contributed by atoms with Crippen LogP contribution in [-0.2, 0) is 14.4 Å². The smallest absolute Gasteiger partial charge is 0.327 e. The van der Waals surface area contributed by atoms with Crippen LogP contribution in [0.1, 0.15) is 19.3 Å². The summed E-state index contributed by atoms with van der Waals surface area (Å²) in [4.78, 5) is 35.3. The van der Waals surface area contributed by atoms with Crippen LogP contribution in [0.25, 0.3) is 0 Å². The molecule has 0 radical (unpaired) electrons. The molecule has 0 amide bonds. The van der Waals surface area contributed by atoms with Crippen LogP contribution >= 0.6 is 0 Å². The maximum atomic E-state index is 11.9. The highest BCUT2D eigenvalue weighted by Crippen LogP contribution is 2.34. The van der Waals surface area contributed by atoms with Gasteiger partial charge in [0.25, 0.3) is 0 Å². The summed E-state index contributed by atoms with van der Waals surface area (Å²) in [5, 5.41) is 19.4. The van der Waals surface area contributed by atoms with Gasteiger partial charge in [-0.1, -0.05) is 0 Å². The number of carboxylic acid groups (broad SMARTS) is 1. The summed E-state index contributed by atoms with van der Waals surface area (Å²) in [5.74, 6) is -2.88. The molecule has 1 aliphatic carbocycles. The second-order valence-electron chi connectivity index (χ2n) is 5.80. The molecule has 1 rings (SSSR count). The first-order chi connectivity index (χ1) is 8.12. The molecule has 0 saturated heterocycles. The minimum absolute atomic E-state index is 0.0315. The molecule has 1 fully saturated rings. The summed E-state index contributed by atoms with van der Waals surface area (Å²) in [6.07, 6.45) is -1.06.